The number of carbonyl (C=O) groups excluding carboxylic acids is 3. The van der Waals surface area contributed by atoms with Crippen molar-refractivity contribution >= 4 is 28.5 Å². The van der Waals surface area contributed by atoms with Gasteiger partial charge in [-0.25, -0.2) is 8.78 Å². The summed E-state index contributed by atoms with van der Waals surface area (Å²) in [6.07, 6.45) is 3.54. The fraction of sp³-hybridized carbons (Fsp3) is 0.417. The number of nitrogens with one attached hydrogen (secondary N) is 1. The molecule has 0 unspecified atom stereocenters. The number of fused-ring (bicyclic) bond motifs is 1. The van der Waals surface area contributed by atoms with Gasteiger partial charge < -0.3 is 26.0 Å². The Morgan fingerprint density at radius 2 is 1.48 bits per heavy atom. The number of halogens is 2. The van der Waals surface area contributed by atoms with Crippen LogP contribution in [0, 0.1) is 17.0 Å². The van der Waals surface area contributed by atoms with E-state index in [0.29, 0.717) is 12.0 Å². The summed E-state index contributed by atoms with van der Waals surface area (Å²) in [6, 6.07) is 14.8. The molecule has 0 heterocycles. The number of amides is 3. The van der Waals surface area contributed by atoms with Gasteiger partial charge in [-0.2, -0.15) is 0 Å². The molecular weight excluding hydrogens is 590 g/mol. The fourth-order valence-corrected chi connectivity index (χ4v) is 4.90. The first kappa shape index (κ1) is 36.3. The highest BCUT2D eigenvalue weighted by molar-refractivity contribution is 5.95. The average molecular weight is 637 g/mol. The van der Waals surface area contributed by atoms with E-state index in [1.54, 1.807) is 19.9 Å². The number of hydrogen-bond donors (Lipinski definition) is 3. The molecular formula is C36H46F2N4O4. The number of carbonyl (C=O) groups is 3. The second-order valence-electron chi connectivity index (χ2n) is 13.4. The Morgan fingerprint density at radius 1 is 0.870 bits per heavy atom. The second kappa shape index (κ2) is 15.4. The lowest BCUT2D eigenvalue weighted by atomic mass is 9.94. The zero-order valence-electron chi connectivity index (χ0n) is 27.5. The molecule has 0 aliphatic heterocycles. The monoisotopic (exact) mass is 636 g/mol. The Bertz CT molecular complexity index is 1570. The molecule has 0 aliphatic rings. The third-order valence-electron chi connectivity index (χ3n) is 7.95. The average Bonchev–Trinajstić information content (AvgIpc) is 3.01. The molecule has 248 valence electrons. The predicted molar refractivity (Wildman–Crippen MR) is 177 cm³/mol. The first-order chi connectivity index (χ1) is 21.5. The molecule has 0 aliphatic carbocycles. The first-order valence-corrected chi connectivity index (χ1v) is 15.3. The minimum Gasteiger partial charge on any atom is -0.396 e. The number of nitrogens with zero attached hydrogens (tertiary/aromatic N) is 2. The molecule has 0 saturated carbocycles. The zero-order valence-corrected chi connectivity index (χ0v) is 27.5. The minimum absolute atomic E-state index is 0.111. The van der Waals surface area contributed by atoms with Gasteiger partial charge in [-0.1, -0.05) is 68.5 Å². The van der Waals surface area contributed by atoms with E-state index in [1.165, 1.54) is 36.0 Å². The van der Waals surface area contributed by atoms with E-state index < -0.39 is 52.4 Å². The summed E-state index contributed by atoms with van der Waals surface area (Å²) in [6.45, 7) is 7.14. The predicted octanol–water partition coefficient (Wildman–Crippen LogP) is 4.38. The number of rotatable bonds is 14. The summed E-state index contributed by atoms with van der Waals surface area (Å²) in [7, 11) is 2.99. The number of benzene rings is 3. The van der Waals surface area contributed by atoms with E-state index in [4.69, 9.17) is 5.73 Å². The van der Waals surface area contributed by atoms with Crippen molar-refractivity contribution in [2.75, 3.05) is 27.2 Å². The number of nitrogens with two attached hydrogens (primary N) is 1. The Labute approximate surface area is 270 Å². The van der Waals surface area contributed by atoms with Crippen molar-refractivity contribution < 1.29 is 28.3 Å². The maximum absolute atomic E-state index is 14.3. The van der Waals surface area contributed by atoms with Crippen LogP contribution in [-0.4, -0.2) is 77.5 Å². The van der Waals surface area contributed by atoms with Crippen LogP contribution in [0.5, 0.6) is 0 Å². The standard InChI is InChI=1S/C36H46F2N4O4/c1-35(2,23-43)22-40-33(45)30(20-25-14-16-28(37)29(38)19-25)42(6)34(46)31(41(5)32(44)12-9-17-36(3,4)39)21-24-13-15-26-10-7-8-11-27(26)18-24/h7-16,18-19,30-31,43H,17,20-23,39H2,1-6H3,(H,40,45)/t30-,31-/m1/s1. The Balaban J connectivity index is 1.99. The zero-order chi connectivity index (χ0) is 34.2. The van der Waals surface area contributed by atoms with Crippen molar-refractivity contribution in [2.45, 2.75) is 64.6 Å². The molecule has 3 rings (SSSR count). The highest BCUT2D eigenvalue weighted by Gasteiger charge is 2.35. The van der Waals surface area contributed by atoms with Crippen LogP contribution in [0.25, 0.3) is 10.8 Å². The van der Waals surface area contributed by atoms with Gasteiger partial charge in [0.2, 0.25) is 17.7 Å². The Hall–Kier alpha value is -4.15. The molecule has 0 radical (unpaired) electrons. The second-order valence-corrected chi connectivity index (χ2v) is 13.4. The van der Waals surface area contributed by atoms with E-state index in [1.807, 2.05) is 56.3 Å². The molecule has 3 aromatic carbocycles. The molecule has 4 N–H and O–H groups in total. The smallest absolute Gasteiger partial charge is 0.246 e. The minimum atomic E-state index is -1.14. The largest absolute Gasteiger partial charge is 0.396 e. The van der Waals surface area contributed by atoms with E-state index in [0.717, 1.165) is 28.5 Å². The normalized spacial score (nSPS) is 13.4. The van der Waals surface area contributed by atoms with Gasteiger partial charge in [0.05, 0.1) is 0 Å². The molecule has 2 atom stereocenters. The molecule has 0 bridgehead atoms. The van der Waals surface area contributed by atoms with Gasteiger partial charge in [0.1, 0.15) is 12.1 Å². The molecule has 0 fully saturated rings. The maximum atomic E-state index is 14.3. The van der Waals surface area contributed by atoms with E-state index in [2.05, 4.69) is 5.32 Å². The molecule has 0 saturated heterocycles. The van der Waals surface area contributed by atoms with Gasteiger partial charge in [-0.3, -0.25) is 14.4 Å². The highest BCUT2D eigenvalue weighted by atomic mass is 19.2. The summed E-state index contributed by atoms with van der Waals surface area (Å²) in [5.41, 5.74) is 6.01. The van der Waals surface area contributed by atoms with Crippen molar-refractivity contribution in [2.24, 2.45) is 11.1 Å². The van der Waals surface area contributed by atoms with Crippen molar-refractivity contribution in [1.82, 2.24) is 15.1 Å². The van der Waals surface area contributed by atoms with E-state index in [9.17, 15) is 28.3 Å². The van der Waals surface area contributed by atoms with Gasteiger partial charge in [-0.15, -0.1) is 0 Å². The SMILES string of the molecule is CN(C(=O)C=CCC(C)(C)N)[C@H](Cc1ccc2ccccc2c1)C(=O)N(C)[C@H](Cc1ccc(F)c(F)c1)C(=O)NCC(C)(C)CO. The van der Waals surface area contributed by atoms with Crippen molar-refractivity contribution in [1.29, 1.82) is 0 Å². The van der Waals surface area contributed by atoms with E-state index >= 15 is 0 Å². The van der Waals surface area contributed by atoms with Gasteiger partial charge in [0.25, 0.3) is 0 Å². The molecule has 3 aromatic rings. The summed E-state index contributed by atoms with van der Waals surface area (Å²) in [5.74, 6) is -3.56. The molecule has 46 heavy (non-hydrogen) atoms. The summed E-state index contributed by atoms with van der Waals surface area (Å²) in [5, 5.41) is 14.5. The van der Waals surface area contributed by atoms with Crippen LogP contribution in [0.3, 0.4) is 0 Å². The summed E-state index contributed by atoms with van der Waals surface area (Å²) < 4.78 is 27.9. The van der Waals surface area contributed by atoms with Crippen LogP contribution in [0.1, 0.15) is 45.2 Å². The fourth-order valence-electron chi connectivity index (χ4n) is 4.90. The van der Waals surface area contributed by atoms with Crippen LogP contribution >= 0.6 is 0 Å². The van der Waals surface area contributed by atoms with Gasteiger partial charge in [0, 0.05) is 51.0 Å². The lowest BCUT2D eigenvalue weighted by molar-refractivity contribution is -0.146. The third-order valence-corrected chi connectivity index (χ3v) is 7.95. The topological polar surface area (TPSA) is 116 Å². The highest BCUT2D eigenvalue weighted by Crippen LogP contribution is 2.21. The molecule has 0 spiro atoms. The molecule has 3 amide bonds. The number of aliphatic hydroxyl groups excluding tert-OH is 1. The van der Waals surface area contributed by atoms with Gasteiger partial charge >= 0.3 is 0 Å². The van der Waals surface area contributed by atoms with Crippen molar-refractivity contribution in [3.05, 3.63) is 95.6 Å². The summed E-state index contributed by atoms with van der Waals surface area (Å²) in [4.78, 5) is 43.9. The van der Waals surface area contributed by atoms with Crippen LogP contribution in [0.2, 0.25) is 0 Å². The lowest BCUT2D eigenvalue weighted by Crippen LogP contribution is -2.56. The van der Waals surface area contributed by atoms with Crippen LogP contribution in [-0.2, 0) is 27.2 Å². The third kappa shape index (κ3) is 10.2. The molecule has 0 aromatic heterocycles. The maximum Gasteiger partial charge on any atom is 0.246 e. The lowest BCUT2D eigenvalue weighted by Gasteiger charge is -2.35. The van der Waals surface area contributed by atoms with Gasteiger partial charge in [-0.05, 0) is 60.4 Å². The quantitative estimate of drug-likeness (QED) is 0.227. The van der Waals surface area contributed by atoms with Crippen molar-refractivity contribution in [3.63, 3.8) is 0 Å². The van der Waals surface area contributed by atoms with Crippen molar-refractivity contribution in [3.8, 4) is 0 Å². The number of aliphatic hydroxyl groups is 1. The van der Waals surface area contributed by atoms with Crippen LogP contribution in [0.4, 0.5) is 8.78 Å². The first-order valence-electron chi connectivity index (χ1n) is 15.3. The van der Waals surface area contributed by atoms with E-state index in [-0.39, 0.29) is 26.0 Å². The number of hydrogen-bond acceptors (Lipinski definition) is 5. The molecule has 8 nitrogen and oxygen atoms in total. The molecule has 10 heteroatoms. The Morgan fingerprint density at radius 3 is 2.11 bits per heavy atom. The van der Waals surface area contributed by atoms with Gasteiger partial charge in [0.15, 0.2) is 11.6 Å². The summed E-state index contributed by atoms with van der Waals surface area (Å²) >= 11 is 0. The van der Waals surface area contributed by atoms with Crippen LogP contribution < -0.4 is 11.1 Å². The van der Waals surface area contributed by atoms with Crippen LogP contribution in [0.15, 0.2) is 72.8 Å². The number of likely N-dealkylation sites (N-methyl/N-ethyl adjacent to an activating group) is 2. The Kier molecular flexibility index (Phi) is 12.2.